The van der Waals surface area contributed by atoms with Crippen LogP contribution in [0.2, 0.25) is 0 Å². The fourth-order valence-electron chi connectivity index (χ4n) is 0.721. The molecule has 0 aromatic heterocycles. The monoisotopic (exact) mass is 205 g/mol. The molecule has 0 aliphatic heterocycles. The summed E-state index contributed by atoms with van der Waals surface area (Å²) < 4.78 is 0. The Bertz CT molecular complexity index is 168. The van der Waals surface area contributed by atoms with Gasteiger partial charge in [0, 0.05) is 17.8 Å². The molecule has 1 atom stereocenters. The number of hydrogen-bond acceptors (Lipinski definition) is 1. The Morgan fingerprint density at radius 3 is 2.46 bits per heavy atom. The minimum absolute atomic E-state index is 0.118. The van der Waals surface area contributed by atoms with Gasteiger partial charge < -0.3 is 5.32 Å². The average Bonchev–Trinajstić information content (AvgIpc) is 2.13. The number of hydrogen-bond donors (Lipinski definition) is 1. The third-order valence-electron chi connectivity index (χ3n) is 2.37. The molecule has 0 saturated carbocycles. The van der Waals surface area contributed by atoms with Crippen LogP contribution in [0.25, 0.3) is 0 Å². The summed E-state index contributed by atoms with van der Waals surface area (Å²) in [6, 6.07) is 0. The van der Waals surface area contributed by atoms with Crippen LogP contribution in [0, 0.1) is 11.3 Å². The highest BCUT2D eigenvalue weighted by atomic mass is 35.5. The second kappa shape index (κ2) is 5.48. The summed E-state index contributed by atoms with van der Waals surface area (Å²) in [6.45, 7) is 8.62. The fourth-order valence-corrected chi connectivity index (χ4v) is 0.830. The molecule has 0 aliphatic carbocycles. The molecule has 0 aromatic rings. The standard InChI is InChI=1S/C10H20ClNO/c1-5-10(3,4)9(13)12-7-8(2)6-11/h8H,5-7H2,1-4H3,(H,12,13). The maximum Gasteiger partial charge on any atom is 0.225 e. The molecule has 0 aromatic carbocycles. The van der Waals surface area contributed by atoms with E-state index in [9.17, 15) is 4.79 Å². The van der Waals surface area contributed by atoms with Crippen molar-refractivity contribution in [3.05, 3.63) is 0 Å². The molecule has 0 spiro atoms. The molecule has 3 heteroatoms. The van der Waals surface area contributed by atoms with E-state index in [1.54, 1.807) is 0 Å². The zero-order chi connectivity index (χ0) is 10.5. The van der Waals surface area contributed by atoms with E-state index in [0.29, 0.717) is 18.3 Å². The van der Waals surface area contributed by atoms with Gasteiger partial charge in [-0.05, 0) is 12.3 Å². The minimum atomic E-state index is -0.258. The van der Waals surface area contributed by atoms with Crippen molar-refractivity contribution in [1.82, 2.24) is 5.32 Å². The Morgan fingerprint density at radius 1 is 1.54 bits per heavy atom. The van der Waals surface area contributed by atoms with E-state index in [4.69, 9.17) is 11.6 Å². The van der Waals surface area contributed by atoms with Crippen molar-refractivity contribution < 1.29 is 4.79 Å². The van der Waals surface area contributed by atoms with E-state index in [1.165, 1.54) is 0 Å². The SMILES string of the molecule is CCC(C)(C)C(=O)NCC(C)CCl. The van der Waals surface area contributed by atoms with Crippen LogP contribution in [-0.4, -0.2) is 18.3 Å². The van der Waals surface area contributed by atoms with Crippen LogP contribution >= 0.6 is 11.6 Å². The molecule has 0 radical (unpaired) electrons. The van der Waals surface area contributed by atoms with Crippen molar-refractivity contribution in [2.75, 3.05) is 12.4 Å². The van der Waals surface area contributed by atoms with Crippen LogP contribution in [0.15, 0.2) is 0 Å². The molecule has 2 nitrogen and oxygen atoms in total. The Balaban J connectivity index is 3.88. The average molecular weight is 206 g/mol. The number of amides is 1. The minimum Gasteiger partial charge on any atom is -0.355 e. The van der Waals surface area contributed by atoms with Gasteiger partial charge in [-0.2, -0.15) is 0 Å². The van der Waals surface area contributed by atoms with E-state index in [-0.39, 0.29) is 11.3 Å². The normalized spacial score (nSPS) is 13.9. The zero-order valence-electron chi connectivity index (χ0n) is 8.98. The summed E-state index contributed by atoms with van der Waals surface area (Å²) in [5.41, 5.74) is -0.258. The Morgan fingerprint density at radius 2 is 2.08 bits per heavy atom. The van der Waals surface area contributed by atoms with E-state index in [1.807, 2.05) is 27.7 Å². The van der Waals surface area contributed by atoms with Crippen molar-refractivity contribution >= 4 is 17.5 Å². The van der Waals surface area contributed by atoms with Crippen LogP contribution in [-0.2, 0) is 4.79 Å². The summed E-state index contributed by atoms with van der Waals surface area (Å²) >= 11 is 5.63. The molecule has 0 rings (SSSR count). The van der Waals surface area contributed by atoms with Crippen LogP contribution in [0.3, 0.4) is 0 Å². The summed E-state index contributed by atoms with van der Waals surface area (Å²) in [4.78, 5) is 11.6. The predicted molar refractivity (Wildman–Crippen MR) is 57.0 cm³/mol. The molecule has 0 heterocycles. The molecule has 1 N–H and O–H groups in total. The summed E-state index contributed by atoms with van der Waals surface area (Å²) in [7, 11) is 0. The van der Waals surface area contributed by atoms with Crippen molar-refractivity contribution in [3.63, 3.8) is 0 Å². The molecule has 0 aliphatic rings. The first-order chi connectivity index (χ1) is 5.94. The number of rotatable bonds is 5. The maximum absolute atomic E-state index is 11.6. The Kier molecular flexibility index (Phi) is 5.38. The second-order valence-electron chi connectivity index (χ2n) is 4.21. The van der Waals surface area contributed by atoms with Gasteiger partial charge in [-0.15, -0.1) is 11.6 Å². The van der Waals surface area contributed by atoms with Gasteiger partial charge in [0.05, 0.1) is 0 Å². The molecule has 0 saturated heterocycles. The van der Waals surface area contributed by atoms with Gasteiger partial charge in [-0.1, -0.05) is 27.7 Å². The lowest BCUT2D eigenvalue weighted by Crippen LogP contribution is -2.38. The third-order valence-corrected chi connectivity index (χ3v) is 2.90. The van der Waals surface area contributed by atoms with Crippen molar-refractivity contribution in [2.45, 2.75) is 34.1 Å². The predicted octanol–water partition coefficient (Wildman–Crippen LogP) is 2.41. The highest BCUT2D eigenvalue weighted by Gasteiger charge is 2.24. The van der Waals surface area contributed by atoms with Gasteiger partial charge in [0.1, 0.15) is 0 Å². The van der Waals surface area contributed by atoms with Gasteiger partial charge in [0.25, 0.3) is 0 Å². The van der Waals surface area contributed by atoms with E-state index in [2.05, 4.69) is 5.32 Å². The van der Waals surface area contributed by atoms with Gasteiger partial charge in [-0.25, -0.2) is 0 Å². The lowest BCUT2D eigenvalue weighted by atomic mass is 9.89. The van der Waals surface area contributed by atoms with E-state index >= 15 is 0 Å². The maximum atomic E-state index is 11.6. The number of halogens is 1. The molecule has 78 valence electrons. The molecular formula is C10H20ClNO. The van der Waals surface area contributed by atoms with Crippen molar-refractivity contribution in [2.24, 2.45) is 11.3 Å². The van der Waals surface area contributed by atoms with E-state index < -0.39 is 0 Å². The number of alkyl halides is 1. The summed E-state index contributed by atoms with van der Waals surface area (Å²) in [5, 5.41) is 2.90. The lowest BCUT2D eigenvalue weighted by Gasteiger charge is -2.22. The summed E-state index contributed by atoms with van der Waals surface area (Å²) in [6.07, 6.45) is 0.855. The first kappa shape index (κ1) is 12.8. The first-order valence-corrected chi connectivity index (χ1v) is 5.31. The largest absolute Gasteiger partial charge is 0.355 e. The van der Waals surface area contributed by atoms with Gasteiger partial charge in [0.2, 0.25) is 5.91 Å². The molecular weight excluding hydrogens is 186 g/mol. The van der Waals surface area contributed by atoms with Crippen molar-refractivity contribution in [3.8, 4) is 0 Å². The van der Waals surface area contributed by atoms with Gasteiger partial charge >= 0.3 is 0 Å². The molecule has 1 unspecified atom stereocenters. The van der Waals surface area contributed by atoms with Crippen LogP contribution in [0.5, 0.6) is 0 Å². The first-order valence-electron chi connectivity index (χ1n) is 4.78. The number of carbonyl (C=O) groups is 1. The highest BCUT2D eigenvalue weighted by molar-refractivity contribution is 6.18. The molecule has 1 amide bonds. The quantitative estimate of drug-likeness (QED) is 0.687. The Labute approximate surface area is 86.0 Å². The van der Waals surface area contributed by atoms with Gasteiger partial charge in [-0.3, -0.25) is 4.79 Å². The second-order valence-corrected chi connectivity index (χ2v) is 4.52. The van der Waals surface area contributed by atoms with Gasteiger partial charge in [0.15, 0.2) is 0 Å². The van der Waals surface area contributed by atoms with Crippen LogP contribution in [0.1, 0.15) is 34.1 Å². The third kappa shape index (κ3) is 4.51. The lowest BCUT2D eigenvalue weighted by molar-refractivity contribution is -0.129. The number of carbonyl (C=O) groups excluding carboxylic acids is 1. The summed E-state index contributed by atoms with van der Waals surface area (Å²) in [5.74, 6) is 1.05. The van der Waals surface area contributed by atoms with Crippen LogP contribution in [0.4, 0.5) is 0 Å². The molecule has 0 bridgehead atoms. The highest BCUT2D eigenvalue weighted by Crippen LogP contribution is 2.19. The van der Waals surface area contributed by atoms with Crippen LogP contribution < -0.4 is 5.32 Å². The fraction of sp³-hybridized carbons (Fsp3) is 0.900. The zero-order valence-corrected chi connectivity index (χ0v) is 9.74. The van der Waals surface area contributed by atoms with Crippen molar-refractivity contribution in [1.29, 1.82) is 0 Å². The number of nitrogens with one attached hydrogen (secondary N) is 1. The topological polar surface area (TPSA) is 29.1 Å². The molecule has 0 fully saturated rings. The molecule has 13 heavy (non-hydrogen) atoms. The Hall–Kier alpha value is -0.240. The smallest absolute Gasteiger partial charge is 0.225 e. The van der Waals surface area contributed by atoms with E-state index in [0.717, 1.165) is 6.42 Å².